The summed E-state index contributed by atoms with van der Waals surface area (Å²) in [5.74, 6) is 0.243. The first-order valence-electron chi connectivity index (χ1n) is 10.7. The lowest BCUT2D eigenvalue weighted by Gasteiger charge is -2.27. The van der Waals surface area contributed by atoms with Crippen molar-refractivity contribution in [2.45, 2.75) is 38.6 Å². The van der Waals surface area contributed by atoms with Gasteiger partial charge in [-0.05, 0) is 57.5 Å². The Morgan fingerprint density at radius 1 is 0.970 bits per heavy atom. The molecule has 0 aliphatic heterocycles. The Bertz CT molecular complexity index is 1240. The van der Waals surface area contributed by atoms with Crippen molar-refractivity contribution in [2.24, 2.45) is 0 Å². The molecule has 0 unspecified atom stereocenters. The predicted octanol–water partition coefficient (Wildman–Crippen LogP) is 4.69. The number of hydrogen-bond acceptors (Lipinski definition) is 4. The summed E-state index contributed by atoms with van der Waals surface area (Å²) in [6.07, 6.45) is 0. The number of benzene rings is 3. The first-order chi connectivity index (χ1) is 15.6. The third-order valence-corrected chi connectivity index (χ3v) is 7.27. The van der Waals surface area contributed by atoms with E-state index in [1.165, 1.54) is 4.31 Å². The van der Waals surface area contributed by atoms with E-state index in [0.717, 1.165) is 22.3 Å². The number of nitrogens with zero attached hydrogens (tertiary/aromatic N) is 1. The van der Waals surface area contributed by atoms with Crippen LogP contribution in [0.2, 0.25) is 0 Å². The number of carbonyl (C=O) groups excluding carboxylic acids is 1. The van der Waals surface area contributed by atoms with Crippen LogP contribution in [-0.4, -0.2) is 28.0 Å². The second kappa shape index (κ2) is 10.1. The summed E-state index contributed by atoms with van der Waals surface area (Å²) < 4.78 is 33.8. The van der Waals surface area contributed by atoms with Crippen molar-refractivity contribution >= 4 is 21.6 Å². The first kappa shape index (κ1) is 24.3. The van der Waals surface area contributed by atoms with E-state index in [9.17, 15) is 13.2 Å². The van der Waals surface area contributed by atoms with Gasteiger partial charge in [-0.25, -0.2) is 8.42 Å². The molecule has 0 spiro atoms. The number of para-hydroxylation sites is 1. The third kappa shape index (κ3) is 5.54. The lowest BCUT2D eigenvalue weighted by Crippen LogP contribution is -2.42. The summed E-state index contributed by atoms with van der Waals surface area (Å²) in [6.45, 7) is 7.17. The molecule has 0 saturated heterocycles. The molecule has 0 fully saturated rings. The van der Waals surface area contributed by atoms with E-state index in [1.54, 1.807) is 37.4 Å². The van der Waals surface area contributed by atoms with Gasteiger partial charge in [-0.2, -0.15) is 0 Å². The van der Waals surface area contributed by atoms with Gasteiger partial charge >= 0.3 is 0 Å². The van der Waals surface area contributed by atoms with Gasteiger partial charge in [-0.1, -0.05) is 53.6 Å². The van der Waals surface area contributed by atoms with Crippen LogP contribution in [-0.2, 0) is 14.8 Å². The van der Waals surface area contributed by atoms with E-state index in [1.807, 2.05) is 64.1 Å². The molecule has 0 saturated carbocycles. The van der Waals surface area contributed by atoms with Crippen LogP contribution in [0.5, 0.6) is 5.75 Å². The van der Waals surface area contributed by atoms with E-state index in [-0.39, 0.29) is 17.5 Å². The number of rotatable bonds is 8. The van der Waals surface area contributed by atoms with E-state index in [2.05, 4.69) is 5.32 Å². The second-order valence-electron chi connectivity index (χ2n) is 8.15. The Morgan fingerprint density at radius 2 is 1.61 bits per heavy atom. The van der Waals surface area contributed by atoms with Gasteiger partial charge in [0, 0.05) is 5.56 Å². The van der Waals surface area contributed by atoms with Gasteiger partial charge in [0.05, 0.1) is 23.7 Å². The maximum atomic E-state index is 13.6. The van der Waals surface area contributed by atoms with Crippen molar-refractivity contribution in [2.75, 3.05) is 18.0 Å². The maximum absolute atomic E-state index is 13.6. The van der Waals surface area contributed by atoms with Crippen molar-refractivity contribution in [3.8, 4) is 5.75 Å². The minimum atomic E-state index is -3.97. The van der Waals surface area contributed by atoms with Crippen molar-refractivity contribution in [3.05, 3.63) is 89.0 Å². The topological polar surface area (TPSA) is 75.7 Å². The molecule has 7 heteroatoms. The lowest BCUT2D eigenvalue weighted by atomic mass is 10.1. The van der Waals surface area contributed by atoms with Crippen molar-refractivity contribution < 1.29 is 17.9 Å². The van der Waals surface area contributed by atoms with Gasteiger partial charge in [0.1, 0.15) is 12.3 Å². The maximum Gasteiger partial charge on any atom is 0.264 e. The van der Waals surface area contributed by atoms with Crippen LogP contribution in [0, 0.1) is 20.8 Å². The minimum Gasteiger partial charge on any atom is -0.496 e. The molecule has 0 heterocycles. The zero-order chi connectivity index (χ0) is 24.2. The molecule has 0 aromatic heterocycles. The van der Waals surface area contributed by atoms with E-state index in [4.69, 9.17) is 4.74 Å². The van der Waals surface area contributed by atoms with Crippen LogP contribution in [0.3, 0.4) is 0 Å². The number of sulfonamides is 1. The Morgan fingerprint density at radius 3 is 2.24 bits per heavy atom. The van der Waals surface area contributed by atoms with Gasteiger partial charge < -0.3 is 10.1 Å². The van der Waals surface area contributed by atoms with Crippen LogP contribution in [0.1, 0.15) is 35.2 Å². The largest absolute Gasteiger partial charge is 0.496 e. The molecule has 0 radical (unpaired) electrons. The number of ether oxygens (including phenoxy) is 1. The van der Waals surface area contributed by atoms with Crippen LogP contribution < -0.4 is 14.4 Å². The Balaban J connectivity index is 1.94. The number of nitrogens with one attached hydrogen (secondary N) is 1. The molecule has 3 aromatic rings. The molecule has 1 atom stereocenters. The monoisotopic (exact) mass is 466 g/mol. The molecule has 3 aromatic carbocycles. The average molecular weight is 467 g/mol. The Hall–Kier alpha value is -3.32. The van der Waals surface area contributed by atoms with Crippen LogP contribution in [0.15, 0.2) is 71.6 Å². The molecular formula is C26H30N2O4S. The summed E-state index contributed by atoms with van der Waals surface area (Å²) in [6, 6.07) is 19.2. The van der Waals surface area contributed by atoms with Gasteiger partial charge in [0.25, 0.3) is 10.0 Å². The molecule has 0 bridgehead atoms. The zero-order valence-corrected chi connectivity index (χ0v) is 20.4. The number of hydrogen-bond donors (Lipinski definition) is 1. The molecule has 3 rings (SSSR count). The van der Waals surface area contributed by atoms with Gasteiger partial charge in [-0.15, -0.1) is 0 Å². The van der Waals surface area contributed by atoms with E-state index < -0.39 is 15.9 Å². The average Bonchev–Trinajstić information content (AvgIpc) is 2.78. The highest BCUT2D eigenvalue weighted by Crippen LogP contribution is 2.28. The fourth-order valence-electron chi connectivity index (χ4n) is 3.74. The van der Waals surface area contributed by atoms with Crippen molar-refractivity contribution in [3.63, 3.8) is 0 Å². The SMILES string of the molecule is COc1ccccc1[C@H](C)NC(=O)CN(c1ccc(C)cc1C)S(=O)(=O)c1ccc(C)cc1. The van der Waals surface area contributed by atoms with Crippen molar-refractivity contribution in [1.82, 2.24) is 5.32 Å². The van der Waals surface area contributed by atoms with Gasteiger partial charge in [0.2, 0.25) is 5.91 Å². The predicted molar refractivity (Wildman–Crippen MR) is 131 cm³/mol. The Kier molecular flexibility index (Phi) is 7.43. The molecule has 174 valence electrons. The van der Waals surface area contributed by atoms with Gasteiger partial charge in [0.15, 0.2) is 0 Å². The van der Waals surface area contributed by atoms with E-state index >= 15 is 0 Å². The highest BCUT2D eigenvalue weighted by atomic mass is 32.2. The minimum absolute atomic E-state index is 0.138. The standard InChI is InChI=1S/C26H30N2O4S/c1-18-10-13-22(14-11-18)33(30,31)28(24-15-12-19(2)16-20(24)3)17-26(29)27-21(4)23-8-6-7-9-25(23)32-5/h6-16,21H,17H2,1-5H3,(H,27,29)/t21-/m0/s1. The molecule has 1 amide bonds. The lowest BCUT2D eigenvalue weighted by molar-refractivity contribution is -0.120. The summed E-state index contributed by atoms with van der Waals surface area (Å²) in [7, 11) is -2.39. The zero-order valence-electron chi connectivity index (χ0n) is 19.6. The number of carbonyl (C=O) groups is 1. The van der Waals surface area contributed by atoms with Crippen molar-refractivity contribution in [1.29, 1.82) is 0 Å². The second-order valence-corrected chi connectivity index (χ2v) is 10.0. The summed E-state index contributed by atoms with van der Waals surface area (Å²) in [5.41, 5.74) is 4.03. The fraction of sp³-hybridized carbons (Fsp3) is 0.269. The quantitative estimate of drug-likeness (QED) is 0.522. The van der Waals surface area contributed by atoms with Crippen LogP contribution in [0.4, 0.5) is 5.69 Å². The van der Waals surface area contributed by atoms with Gasteiger partial charge in [-0.3, -0.25) is 9.10 Å². The highest BCUT2D eigenvalue weighted by molar-refractivity contribution is 7.92. The third-order valence-electron chi connectivity index (χ3n) is 5.50. The molecule has 6 nitrogen and oxygen atoms in total. The molecule has 1 N–H and O–H groups in total. The van der Waals surface area contributed by atoms with Crippen LogP contribution in [0.25, 0.3) is 0 Å². The van der Waals surface area contributed by atoms with Crippen LogP contribution >= 0.6 is 0 Å². The summed E-state index contributed by atoms with van der Waals surface area (Å²) >= 11 is 0. The smallest absolute Gasteiger partial charge is 0.264 e. The normalized spacial score (nSPS) is 12.2. The van der Waals surface area contributed by atoms with E-state index in [0.29, 0.717) is 11.4 Å². The highest BCUT2D eigenvalue weighted by Gasteiger charge is 2.29. The summed E-state index contributed by atoms with van der Waals surface area (Å²) in [4.78, 5) is 13.2. The number of methoxy groups -OCH3 is 1. The number of anilines is 1. The fourth-order valence-corrected chi connectivity index (χ4v) is 5.23. The first-order valence-corrected chi connectivity index (χ1v) is 12.2. The molecule has 0 aliphatic rings. The molecule has 33 heavy (non-hydrogen) atoms. The molecule has 0 aliphatic carbocycles. The number of aryl methyl sites for hydroxylation is 3. The summed E-state index contributed by atoms with van der Waals surface area (Å²) in [5, 5.41) is 2.91. The Labute approximate surface area is 196 Å². The molecular weight excluding hydrogens is 436 g/mol. The number of amides is 1.